The molecule has 120 valence electrons. The van der Waals surface area contributed by atoms with E-state index >= 15 is 0 Å². The molecule has 0 bridgehead atoms. The maximum Gasteiger partial charge on any atom is 0.269 e. The first-order valence-electron chi connectivity index (χ1n) is 6.51. The van der Waals surface area contributed by atoms with E-state index in [1.165, 1.54) is 18.2 Å². The molecule has 9 heteroatoms. The number of carbonyl (C=O) groups excluding carboxylic acids is 2. The van der Waals surface area contributed by atoms with E-state index in [0.717, 1.165) is 0 Å². The van der Waals surface area contributed by atoms with Gasteiger partial charge in [-0.1, -0.05) is 23.2 Å². The summed E-state index contributed by atoms with van der Waals surface area (Å²) in [4.78, 5) is 23.5. The Morgan fingerprint density at radius 1 is 1.18 bits per heavy atom. The van der Waals surface area contributed by atoms with Crippen molar-refractivity contribution in [1.29, 1.82) is 0 Å². The molecule has 1 heterocycles. The predicted molar refractivity (Wildman–Crippen MR) is 83.4 cm³/mol. The van der Waals surface area contributed by atoms with Gasteiger partial charge in [-0.2, -0.15) is 0 Å². The van der Waals surface area contributed by atoms with Gasteiger partial charge in [0, 0.05) is 12.0 Å². The van der Waals surface area contributed by atoms with Gasteiger partial charge < -0.3 is 0 Å². The van der Waals surface area contributed by atoms with Gasteiger partial charge in [-0.15, -0.1) is 0 Å². The van der Waals surface area contributed by atoms with Gasteiger partial charge in [-0.05, 0) is 30.5 Å². The summed E-state index contributed by atoms with van der Waals surface area (Å²) in [5.74, 6) is -1.05. The number of hydrogen-bond donors (Lipinski definition) is 2. The molecule has 1 fully saturated rings. The Morgan fingerprint density at radius 3 is 2.50 bits per heavy atom. The van der Waals surface area contributed by atoms with E-state index in [0.29, 0.717) is 11.4 Å². The zero-order chi connectivity index (χ0) is 16.3. The van der Waals surface area contributed by atoms with Crippen molar-refractivity contribution < 1.29 is 18.0 Å². The minimum absolute atomic E-state index is 0.0150. The van der Waals surface area contributed by atoms with Crippen LogP contribution in [0.5, 0.6) is 0 Å². The maximum atomic E-state index is 11.8. The minimum Gasteiger partial charge on any atom is -0.273 e. The molecule has 1 aliphatic heterocycles. The number of carbonyl (C=O) groups is 2. The first-order chi connectivity index (χ1) is 10.3. The van der Waals surface area contributed by atoms with Gasteiger partial charge in [-0.25, -0.2) is 8.42 Å². The number of nitrogens with one attached hydrogen (secondary N) is 2. The Morgan fingerprint density at radius 2 is 1.91 bits per heavy atom. The van der Waals surface area contributed by atoms with Gasteiger partial charge in [0.2, 0.25) is 5.91 Å². The molecule has 1 saturated heterocycles. The number of hydrazine groups is 1. The number of rotatable bonds is 3. The van der Waals surface area contributed by atoms with E-state index < -0.39 is 21.7 Å². The highest BCUT2D eigenvalue weighted by atomic mass is 35.5. The van der Waals surface area contributed by atoms with E-state index in [9.17, 15) is 18.0 Å². The lowest BCUT2D eigenvalue weighted by Crippen LogP contribution is -2.42. The summed E-state index contributed by atoms with van der Waals surface area (Å²) in [6.45, 7) is 0. The zero-order valence-corrected chi connectivity index (χ0v) is 13.8. The Balaban J connectivity index is 1.83. The molecule has 0 radical (unpaired) electrons. The first-order valence-corrected chi connectivity index (χ1v) is 9.09. The van der Waals surface area contributed by atoms with Crippen molar-refractivity contribution in [3.63, 3.8) is 0 Å². The van der Waals surface area contributed by atoms with Crippen molar-refractivity contribution in [2.24, 2.45) is 5.92 Å². The SMILES string of the molecule is O=C(C[C@H]1CCS(=O)(=O)C1)NNC(=O)c1ccc(Cl)c(Cl)c1. The summed E-state index contributed by atoms with van der Waals surface area (Å²) in [6, 6.07) is 4.33. The molecule has 0 aliphatic carbocycles. The van der Waals surface area contributed by atoms with Crippen LogP contribution in [0.25, 0.3) is 0 Å². The van der Waals surface area contributed by atoms with Crippen LogP contribution >= 0.6 is 23.2 Å². The fourth-order valence-corrected chi connectivity index (χ4v) is 4.34. The van der Waals surface area contributed by atoms with E-state index in [2.05, 4.69) is 10.9 Å². The Labute approximate surface area is 138 Å². The zero-order valence-electron chi connectivity index (χ0n) is 11.4. The van der Waals surface area contributed by atoms with Crippen LogP contribution in [0.2, 0.25) is 10.0 Å². The summed E-state index contributed by atoms with van der Waals surface area (Å²) in [5, 5.41) is 0.557. The molecule has 0 aromatic heterocycles. The monoisotopic (exact) mass is 364 g/mol. The average Bonchev–Trinajstić information content (AvgIpc) is 2.78. The largest absolute Gasteiger partial charge is 0.273 e. The Bertz CT molecular complexity index is 706. The maximum absolute atomic E-state index is 11.8. The fourth-order valence-electron chi connectivity index (χ4n) is 2.18. The van der Waals surface area contributed by atoms with Crippen LogP contribution in [0.15, 0.2) is 18.2 Å². The van der Waals surface area contributed by atoms with Gasteiger partial charge in [0.1, 0.15) is 0 Å². The number of halogens is 2. The second kappa shape index (κ2) is 6.85. The summed E-state index contributed by atoms with van der Waals surface area (Å²) >= 11 is 11.6. The van der Waals surface area contributed by atoms with Crippen LogP contribution < -0.4 is 10.9 Å². The van der Waals surface area contributed by atoms with Crippen molar-refractivity contribution in [3.8, 4) is 0 Å². The molecule has 2 N–H and O–H groups in total. The van der Waals surface area contributed by atoms with Crippen molar-refractivity contribution in [2.75, 3.05) is 11.5 Å². The number of benzene rings is 1. The van der Waals surface area contributed by atoms with Crippen LogP contribution in [0.4, 0.5) is 0 Å². The van der Waals surface area contributed by atoms with Crippen LogP contribution in [0, 0.1) is 5.92 Å². The molecule has 2 amide bonds. The molecule has 0 saturated carbocycles. The third-order valence-electron chi connectivity index (χ3n) is 3.30. The van der Waals surface area contributed by atoms with Crippen molar-refractivity contribution >= 4 is 44.9 Å². The quantitative estimate of drug-likeness (QED) is 0.796. The van der Waals surface area contributed by atoms with E-state index in [4.69, 9.17) is 23.2 Å². The second-order valence-electron chi connectivity index (χ2n) is 5.10. The lowest BCUT2D eigenvalue weighted by molar-refractivity contribution is -0.122. The lowest BCUT2D eigenvalue weighted by atomic mass is 10.1. The highest BCUT2D eigenvalue weighted by Gasteiger charge is 2.29. The number of amides is 2. The molecule has 6 nitrogen and oxygen atoms in total. The fraction of sp³-hybridized carbons (Fsp3) is 0.385. The summed E-state index contributed by atoms with van der Waals surface area (Å²) < 4.78 is 22.6. The normalized spacial score (nSPS) is 19.6. The predicted octanol–water partition coefficient (Wildman–Crippen LogP) is 1.58. The first kappa shape index (κ1) is 17.1. The van der Waals surface area contributed by atoms with Crippen LogP contribution in [0.3, 0.4) is 0 Å². The molecular formula is C13H14Cl2N2O4S. The van der Waals surface area contributed by atoms with Crippen molar-refractivity contribution in [3.05, 3.63) is 33.8 Å². The number of sulfone groups is 1. The highest BCUT2D eigenvalue weighted by Crippen LogP contribution is 2.23. The van der Waals surface area contributed by atoms with Gasteiger partial charge in [0.25, 0.3) is 5.91 Å². The molecule has 2 rings (SSSR count). The van der Waals surface area contributed by atoms with Gasteiger partial charge in [0.05, 0.1) is 21.6 Å². The molecular weight excluding hydrogens is 351 g/mol. The van der Waals surface area contributed by atoms with E-state index in [-0.39, 0.29) is 34.4 Å². The Hall–Kier alpha value is -1.31. The van der Waals surface area contributed by atoms with Crippen LogP contribution in [-0.2, 0) is 14.6 Å². The molecule has 22 heavy (non-hydrogen) atoms. The average molecular weight is 365 g/mol. The molecule has 1 aromatic carbocycles. The van der Waals surface area contributed by atoms with Gasteiger partial charge >= 0.3 is 0 Å². The molecule has 1 atom stereocenters. The summed E-state index contributed by atoms with van der Waals surface area (Å²) in [6.07, 6.45) is 0.525. The summed E-state index contributed by atoms with van der Waals surface area (Å²) in [7, 11) is -3.02. The van der Waals surface area contributed by atoms with Gasteiger partial charge in [0.15, 0.2) is 9.84 Å². The van der Waals surface area contributed by atoms with Gasteiger partial charge in [-0.3, -0.25) is 20.4 Å². The molecule has 0 spiro atoms. The Kier molecular flexibility index (Phi) is 5.31. The van der Waals surface area contributed by atoms with E-state index in [1.54, 1.807) is 0 Å². The van der Waals surface area contributed by atoms with Crippen molar-refractivity contribution in [2.45, 2.75) is 12.8 Å². The standard InChI is InChI=1S/C13H14Cl2N2O4S/c14-10-2-1-9(6-11(10)15)13(19)17-16-12(18)5-8-3-4-22(20,21)7-8/h1-2,6,8H,3-5,7H2,(H,16,18)(H,17,19)/t8-/m1/s1. The molecule has 0 unspecified atom stereocenters. The third-order valence-corrected chi connectivity index (χ3v) is 5.87. The molecule has 1 aromatic rings. The smallest absolute Gasteiger partial charge is 0.269 e. The topological polar surface area (TPSA) is 92.3 Å². The van der Waals surface area contributed by atoms with E-state index in [1.807, 2.05) is 0 Å². The highest BCUT2D eigenvalue weighted by molar-refractivity contribution is 7.91. The van der Waals surface area contributed by atoms with Crippen LogP contribution in [-0.4, -0.2) is 31.7 Å². The number of hydrogen-bond acceptors (Lipinski definition) is 4. The lowest BCUT2D eigenvalue weighted by Gasteiger charge is -2.10. The van der Waals surface area contributed by atoms with Crippen LogP contribution in [0.1, 0.15) is 23.2 Å². The molecule has 1 aliphatic rings. The summed E-state index contributed by atoms with van der Waals surface area (Å²) in [5.41, 5.74) is 4.76. The second-order valence-corrected chi connectivity index (χ2v) is 8.15. The minimum atomic E-state index is -3.02. The van der Waals surface area contributed by atoms with Crippen molar-refractivity contribution in [1.82, 2.24) is 10.9 Å². The third kappa shape index (κ3) is 4.59.